The molecule has 42 heavy (non-hydrogen) atoms. The Morgan fingerprint density at radius 1 is 0.976 bits per heavy atom. The van der Waals surface area contributed by atoms with E-state index in [4.69, 9.17) is 9.47 Å². The molecule has 2 amide bonds. The number of aliphatic hydroxyl groups is 3. The monoisotopic (exact) mass is 580 g/mol. The van der Waals surface area contributed by atoms with Crippen LogP contribution in [0.4, 0.5) is 10.5 Å². The van der Waals surface area contributed by atoms with Gasteiger partial charge in [0, 0.05) is 24.1 Å². The number of aliphatic hydroxyl groups excluding tert-OH is 3. The van der Waals surface area contributed by atoms with Crippen LogP contribution < -0.4 is 10.1 Å². The van der Waals surface area contributed by atoms with E-state index in [0.717, 1.165) is 18.6 Å². The zero-order valence-corrected chi connectivity index (χ0v) is 24.6. The number of anilines is 1. The number of nitrogens with zero attached hydrogens (tertiary/aromatic N) is 1. The van der Waals surface area contributed by atoms with Gasteiger partial charge in [-0.2, -0.15) is 0 Å². The summed E-state index contributed by atoms with van der Waals surface area (Å²) in [6.45, 7) is 4.49. The molecule has 1 saturated heterocycles. The van der Waals surface area contributed by atoms with Gasteiger partial charge >= 0.3 is 6.09 Å². The van der Waals surface area contributed by atoms with Gasteiger partial charge in [0.05, 0.1) is 25.4 Å². The topological polar surface area (TPSA) is 129 Å². The lowest BCUT2D eigenvalue weighted by atomic mass is 9.46. The Hall–Kier alpha value is -3.14. The molecule has 2 aromatic carbocycles. The minimum absolute atomic E-state index is 0.0267. The summed E-state index contributed by atoms with van der Waals surface area (Å²) < 4.78 is 11.8. The van der Waals surface area contributed by atoms with E-state index in [2.05, 4.69) is 12.2 Å². The normalized spacial score (nSPS) is 32.6. The molecule has 228 valence electrons. The average Bonchev–Trinajstić information content (AvgIpc) is 3.47. The summed E-state index contributed by atoms with van der Waals surface area (Å²) in [5.74, 6) is 1.01. The Bertz CT molecular complexity index is 1220. The molecule has 9 nitrogen and oxygen atoms in total. The zero-order valence-electron chi connectivity index (χ0n) is 24.6. The van der Waals surface area contributed by atoms with Gasteiger partial charge in [-0.15, -0.1) is 0 Å². The molecule has 3 fully saturated rings. The number of para-hydroxylation sites is 1. The van der Waals surface area contributed by atoms with Crippen molar-refractivity contribution >= 4 is 17.7 Å². The van der Waals surface area contributed by atoms with Crippen LogP contribution in [0.3, 0.4) is 0 Å². The third-order valence-corrected chi connectivity index (χ3v) is 10.3. The summed E-state index contributed by atoms with van der Waals surface area (Å²) in [6, 6.07) is 16.3. The lowest BCUT2D eigenvalue weighted by Crippen LogP contribution is -2.61. The van der Waals surface area contributed by atoms with E-state index in [1.807, 2.05) is 37.3 Å². The van der Waals surface area contributed by atoms with Crippen LogP contribution in [0.5, 0.6) is 11.5 Å². The molecule has 2 saturated carbocycles. The van der Waals surface area contributed by atoms with E-state index in [9.17, 15) is 24.9 Å². The molecular formula is C33H44N2O7. The molecule has 4 N–H and O–H groups in total. The number of hydrogen-bond donors (Lipinski definition) is 4. The van der Waals surface area contributed by atoms with Crippen molar-refractivity contribution in [3.05, 3.63) is 54.6 Å². The second kappa shape index (κ2) is 12.6. The maximum absolute atomic E-state index is 13.3. The Morgan fingerprint density at radius 2 is 1.69 bits per heavy atom. The van der Waals surface area contributed by atoms with Gasteiger partial charge in [0.1, 0.15) is 17.6 Å². The summed E-state index contributed by atoms with van der Waals surface area (Å²) in [4.78, 5) is 28.1. The molecule has 0 unspecified atom stereocenters. The number of nitrogens with one attached hydrogen (secondary N) is 1. The van der Waals surface area contributed by atoms with Crippen LogP contribution in [0.2, 0.25) is 0 Å². The molecule has 0 radical (unpaired) electrons. The van der Waals surface area contributed by atoms with Crippen molar-refractivity contribution in [3.63, 3.8) is 0 Å². The number of carbonyl (C=O) groups is 2. The van der Waals surface area contributed by atoms with Gasteiger partial charge in [0.2, 0.25) is 5.91 Å². The first-order chi connectivity index (χ1) is 20.2. The number of amides is 2. The van der Waals surface area contributed by atoms with Crippen molar-refractivity contribution in [2.75, 3.05) is 25.1 Å². The van der Waals surface area contributed by atoms with Gasteiger partial charge in [0.15, 0.2) is 0 Å². The first kappa shape index (κ1) is 30.3. The molecule has 2 aromatic rings. The van der Waals surface area contributed by atoms with Gasteiger partial charge in [0.25, 0.3) is 0 Å². The van der Waals surface area contributed by atoms with E-state index < -0.39 is 29.1 Å². The van der Waals surface area contributed by atoms with Crippen LogP contribution in [0.25, 0.3) is 0 Å². The molecule has 5 rings (SSSR count). The number of rotatable bonds is 8. The van der Waals surface area contributed by atoms with Crippen molar-refractivity contribution in [3.8, 4) is 11.5 Å². The third kappa shape index (κ3) is 6.00. The fourth-order valence-corrected chi connectivity index (χ4v) is 7.95. The number of benzene rings is 2. The predicted molar refractivity (Wildman–Crippen MR) is 158 cm³/mol. The number of carbonyl (C=O) groups excluding carboxylic acids is 2. The summed E-state index contributed by atoms with van der Waals surface area (Å²) in [5.41, 5.74) is -0.584. The van der Waals surface area contributed by atoms with Crippen molar-refractivity contribution in [2.45, 2.75) is 77.0 Å². The molecule has 1 heterocycles. The Labute approximate surface area is 247 Å². The van der Waals surface area contributed by atoms with Crippen LogP contribution in [-0.4, -0.2) is 70.2 Å². The van der Waals surface area contributed by atoms with Crippen LogP contribution in [0.1, 0.15) is 58.8 Å². The Balaban J connectivity index is 1.24. The van der Waals surface area contributed by atoms with Crippen LogP contribution in [-0.2, 0) is 9.53 Å². The quantitative estimate of drug-likeness (QED) is 0.348. The van der Waals surface area contributed by atoms with E-state index in [0.29, 0.717) is 43.7 Å². The molecule has 9 heteroatoms. The first-order valence-corrected chi connectivity index (χ1v) is 15.2. The molecule has 0 bridgehead atoms. The zero-order chi connectivity index (χ0) is 29.9. The van der Waals surface area contributed by atoms with Gasteiger partial charge in [-0.25, -0.2) is 4.79 Å². The predicted octanol–water partition coefficient (Wildman–Crippen LogP) is 4.96. The molecule has 3 aliphatic rings. The summed E-state index contributed by atoms with van der Waals surface area (Å²) >= 11 is 0. The molecule has 1 aliphatic heterocycles. The van der Waals surface area contributed by atoms with Crippen LogP contribution >= 0.6 is 0 Å². The first-order valence-electron chi connectivity index (χ1n) is 15.2. The second-order valence-corrected chi connectivity index (χ2v) is 12.7. The van der Waals surface area contributed by atoms with Crippen LogP contribution in [0, 0.1) is 22.7 Å². The molecular weight excluding hydrogens is 536 g/mol. The van der Waals surface area contributed by atoms with Gasteiger partial charge in [-0.3, -0.25) is 10.1 Å². The highest BCUT2D eigenvalue weighted by atomic mass is 16.6. The maximum atomic E-state index is 13.3. The number of ether oxygens (including phenoxy) is 2. The fourth-order valence-electron chi connectivity index (χ4n) is 7.95. The minimum Gasteiger partial charge on any atom is -0.457 e. The molecule has 2 aliphatic carbocycles. The standard InChI is InChI=1S/C33H44N2O7/c1-32-17-16-29(42-31(40)34-22-10-12-25(13-11-22)41-24-8-4-3-5-9-24)33(2,21-37)28(32)15-14-27(38)26(32)19-30(39)35-18-6-7-23(35)20-36/h3-5,8-13,23,26-29,36-38H,6-7,14-21H2,1-2H3,(H,34,40)/t23-,26+,27+,28+,29+,32-,33-/m0/s1. The van der Waals surface area contributed by atoms with Crippen molar-refractivity contribution < 1.29 is 34.4 Å². The molecule has 0 spiro atoms. The molecule has 7 atom stereocenters. The third-order valence-electron chi connectivity index (χ3n) is 10.3. The van der Waals surface area contributed by atoms with Crippen LogP contribution in [0.15, 0.2) is 54.6 Å². The van der Waals surface area contributed by atoms with E-state index in [-0.39, 0.29) is 43.4 Å². The Morgan fingerprint density at radius 3 is 2.38 bits per heavy atom. The average molecular weight is 581 g/mol. The summed E-state index contributed by atoms with van der Waals surface area (Å²) in [7, 11) is 0. The minimum atomic E-state index is -0.736. The van der Waals surface area contributed by atoms with E-state index in [1.54, 1.807) is 29.2 Å². The molecule has 0 aromatic heterocycles. The number of hydrogen-bond acceptors (Lipinski definition) is 7. The second-order valence-electron chi connectivity index (χ2n) is 12.7. The highest BCUT2D eigenvalue weighted by Gasteiger charge is 2.60. The number of likely N-dealkylation sites (tertiary alicyclic amines) is 1. The van der Waals surface area contributed by atoms with Gasteiger partial charge in [-0.1, -0.05) is 32.0 Å². The lowest BCUT2D eigenvalue weighted by Gasteiger charge is -2.60. The van der Waals surface area contributed by atoms with Gasteiger partial charge < -0.3 is 29.7 Å². The van der Waals surface area contributed by atoms with E-state index in [1.165, 1.54) is 0 Å². The van der Waals surface area contributed by atoms with Crippen molar-refractivity contribution in [1.82, 2.24) is 4.90 Å². The summed E-state index contributed by atoms with van der Waals surface area (Å²) in [5, 5.41) is 34.3. The smallest absolute Gasteiger partial charge is 0.411 e. The van der Waals surface area contributed by atoms with Crippen molar-refractivity contribution in [1.29, 1.82) is 0 Å². The Kier molecular flexibility index (Phi) is 9.11. The lowest BCUT2D eigenvalue weighted by molar-refractivity contribution is -0.186. The largest absolute Gasteiger partial charge is 0.457 e. The van der Waals surface area contributed by atoms with Gasteiger partial charge in [-0.05, 0) is 92.2 Å². The summed E-state index contributed by atoms with van der Waals surface area (Å²) in [6.07, 6.45) is 2.52. The highest BCUT2D eigenvalue weighted by Crippen LogP contribution is 2.61. The van der Waals surface area contributed by atoms with Crippen molar-refractivity contribution in [2.24, 2.45) is 22.7 Å². The maximum Gasteiger partial charge on any atom is 0.411 e. The van der Waals surface area contributed by atoms with E-state index >= 15 is 0 Å². The SMILES string of the molecule is C[C@]1(CO)[C@@H]2CC[C@@H](O)[C@@H](CC(=O)N3CCC[C@H]3CO)[C@]2(C)CC[C@H]1OC(=O)Nc1ccc(Oc2ccccc2)cc1. The fraction of sp³-hybridized carbons (Fsp3) is 0.576. The number of fused-ring (bicyclic) bond motifs is 1. The highest BCUT2D eigenvalue weighted by molar-refractivity contribution is 5.84.